The third-order valence-electron chi connectivity index (χ3n) is 3.36. The normalized spacial score (nSPS) is 13.6. The molecule has 1 unspecified atom stereocenters. The van der Waals surface area contributed by atoms with Gasteiger partial charge in [0.25, 0.3) is 0 Å². The van der Waals surface area contributed by atoms with Crippen LogP contribution in [0, 0.1) is 5.92 Å². The Hall–Kier alpha value is -1.91. The van der Waals surface area contributed by atoms with E-state index in [0.29, 0.717) is 0 Å². The highest BCUT2D eigenvalue weighted by Crippen LogP contribution is 2.22. The molecule has 0 aliphatic heterocycles. The van der Waals surface area contributed by atoms with Gasteiger partial charge in [-0.25, -0.2) is 13.1 Å². The molecule has 0 saturated carbocycles. The summed E-state index contributed by atoms with van der Waals surface area (Å²) in [4.78, 5) is 0. The molecular formula is C18H21NO2S. The van der Waals surface area contributed by atoms with Crippen LogP contribution in [0.3, 0.4) is 0 Å². The van der Waals surface area contributed by atoms with Crippen molar-refractivity contribution in [3.05, 3.63) is 77.2 Å². The standard InChI is InChI=1S/C18H21NO2S/c1-15(2)18(17-11-7-4-8-12-17)19-22(20,21)14-13-16-9-5-3-6-10-16/h3-15,18-19H,1-2H3/b14-13+. The molecule has 0 spiro atoms. The summed E-state index contributed by atoms with van der Waals surface area (Å²) < 4.78 is 27.4. The molecule has 0 bridgehead atoms. The second kappa shape index (κ2) is 7.38. The summed E-state index contributed by atoms with van der Waals surface area (Å²) in [5.74, 6) is 0.155. The van der Waals surface area contributed by atoms with Crippen molar-refractivity contribution in [3.63, 3.8) is 0 Å². The predicted molar refractivity (Wildman–Crippen MR) is 91.6 cm³/mol. The van der Waals surface area contributed by atoms with Crippen LogP contribution in [0.2, 0.25) is 0 Å². The van der Waals surface area contributed by atoms with E-state index in [1.807, 2.05) is 74.5 Å². The zero-order valence-corrected chi connectivity index (χ0v) is 13.6. The number of sulfonamides is 1. The number of benzene rings is 2. The van der Waals surface area contributed by atoms with Crippen LogP contribution in [0.15, 0.2) is 66.1 Å². The summed E-state index contributed by atoms with van der Waals surface area (Å²) >= 11 is 0. The Balaban J connectivity index is 2.17. The highest BCUT2D eigenvalue weighted by atomic mass is 32.2. The molecule has 0 radical (unpaired) electrons. The fourth-order valence-corrected chi connectivity index (χ4v) is 3.37. The zero-order chi connectivity index (χ0) is 16.0. The number of nitrogens with one attached hydrogen (secondary N) is 1. The van der Waals surface area contributed by atoms with Crippen LogP contribution in [0.5, 0.6) is 0 Å². The summed E-state index contributed by atoms with van der Waals surface area (Å²) in [7, 11) is -3.50. The molecule has 4 heteroatoms. The molecule has 3 nitrogen and oxygen atoms in total. The number of hydrogen-bond acceptors (Lipinski definition) is 2. The van der Waals surface area contributed by atoms with Gasteiger partial charge in [0.1, 0.15) is 0 Å². The average Bonchev–Trinajstić information content (AvgIpc) is 2.52. The van der Waals surface area contributed by atoms with Gasteiger partial charge in [-0.1, -0.05) is 74.5 Å². The lowest BCUT2D eigenvalue weighted by atomic mass is 9.97. The van der Waals surface area contributed by atoms with Gasteiger partial charge in [0, 0.05) is 11.4 Å². The second-order valence-electron chi connectivity index (χ2n) is 5.51. The quantitative estimate of drug-likeness (QED) is 0.876. The van der Waals surface area contributed by atoms with Gasteiger partial charge >= 0.3 is 0 Å². The van der Waals surface area contributed by atoms with Crippen molar-refractivity contribution >= 4 is 16.1 Å². The Bertz CT molecular complexity index is 707. The van der Waals surface area contributed by atoms with Gasteiger partial charge in [-0.2, -0.15) is 0 Å². The van der Waals surface area contributed by atoms with Gasteiger partial charge in [-0.05, 0) is 23.1 Å². The number of hydrogen-bond donors (Lipinski definition) is 1. The van der Waals surface area contributed by atoms with Gasteiger partial charge in [0.15, 0.2) is 0 Å². The lowest BCUT2D eigenvalue weighted by molar-refractivity contribution is 0.466. The Morgan fingerprint density at radius 2 is 1.45 bits per heavy atom. The highest BCUT2D eigenvalue weighted by molar-refractivity contribution is 7.92. The van der Waals surface area contributed by atoms with E-state index in [1.165, 1.54) is 5.41 Å². The van der Waals surface area contributed by atoms with E-state index in [-0.39, 0.29) is 12.0 Å². The van der Waals surface area contributed by atoms with Crippen LogP contribution in [0.1, 0.15) is 31.0 Å². The maximum Gasteiger partial charge on any atom is 0.234 e. The first kappa shape index (κ1) is 16.5. The first-order valence-corrected chi connectivity index (χ1v) is 8.83. The molecule has 2 aromatic carbocycles. The first-order chi connectivity index (χ1) is 10.5. The lowest BCUT2D eigenvalue weighted by Gasteiger charge is -2.21. The van der Waals surface area contributed by atoms with E-state index in [0.717, 1.165) is 11.1 Å². The minimum Gasteiger partial charge on any atom is -0.208 e. The van der Waals surface area contributed by atoms with Crippen LogP contribution in [0.25, 0.3) is 6.08 Å². The van der Waals surface area contributed by atoms with E-state index in [2.05, 4.69) is 4.72 Å². The Labute approximate surface area is 132 Å². The predicted octanol–water partition coefficient (Wildman–Crippen LogP) is 3.97. The highest BCUT2D eigenvalue weighted by Gasteiger charge is 2.20. The van der Waals surface area contributed by atoms with E-state index in [9.17, 15) is 8.42 Å². The minimum absolute atomic E-state index is 0.155. The van der Waals surface area contributed by atoms with Gasteiger partial charge in [-0.3, -0.25) is 0 Å². The van der Waals surface area contributed by atoms with Gasteiger partial charge in [0.2, 0.25) is 10.0 Å². The van der Waals surface area contributed by atoms with Gasteiger partial charge in [0.05, 0.1) is 0 Å². The summed E-state index contributed by atoms with van der Waals surface area (Å²) in [5, 5.41) is 1.22. The van der Waals surface area contributed by atoms with Crippen LogP contribution >= 0.6 is 0 Å². The Kier molecular flexibility index (Phi) is 5.52. The minimum atomic E-state index is -3.50. The van der Waals surface area contributed by atoms with E-state index >= 15 is 0 Å². The molecule has 22 heavy (non-hydrogen) atoms. The van der Waals surface area contributed by atoms with Crippen LogP contribution < -0.4 is 4.72 Å². The maximum absolute atomic E-state index is 12.3. The Morgan fingerprint density at radius 1 is 0.909 bits per heavy atom. The van der Waals surface area contributed by atoms with Gasteiger partial charge < -0.3 is 0 Å². The molecule has 0 amide bonds. The average molecular weight is 315 g/mol. The van der Waals surface area contributed by atoms with Crippen molar-refractivity contribution in [2.45, 2.75) is 19.9 Å². The van der Waals surface area contributed by atoms with E-state index in [4.69, 9.17) is 0 Å². The lowest BCUT2D eigenvalue weighted by Crippen LogP contribution is -2.30. The van der Waals surface area contributed by atoms with Crippen molar-refractivity contribution in [3.8, 4) is 0 Å². The van der Waals surface area contributed by atoms with Crippen molar-refractivity contribution < 1.29 is 8.42 Å². The smallest absolute Gasteiger partial charge is 0.208 e. The van der Waals surface area contributed by atoms with Crippen LogP contribution in [0.4, 0.5) is 0 Å². The van der Waals surface area contributed by atoms with E-state index in [1.54, 1.807) is 6.08 Å². The second-order valence-corrected chi connectivity index (χ2v) is 7.11. The molecule has 0 saturated heterocycles. The van der Waals surface area contributed by atoms with E-state index < -0.39 is 10.0 Å². The molecule has 2 rings (SSSR count). The van der Waals surface area contributed by atoms with Crippen LogP contribution in [-0.2, 0) is 10.0 Å². The van der Waals surface area contributed by atoms with Crippen molar-refractivity contribution in [1.29, 1.82) is 0 Å². The maximum atomic E-state index is 12.3. The van der Waals surface area contributed by atoms with Crippen molar-refractivity contribution in [2.75, 3.05) is 0 Å². The third kappa shape index (κ3) is 4.83. The van der Waals surface area contributed by atoms with Crippen molar-refractivity contribution in [1.82, 2.24) is 4.72 Å². The fourth-order valence-electron chi connectivity index (χ4n) is 2.20. The summed E-state index contributed by atoms with van der Waals surface area (Å²) in [6, 6.07) is 18.8. The molecule has 0 heterocycles. The van der Waals surface area contributed by atoms with Crippen molar-refractivity contribution in [2.24, 2.45) is 5.92 Å². The zero-order valence-electron chi connectivity index (χ0n) is 12.8. The van der Waals surface area contributed by atoms with Gasteiger partial charge in [-0.15, -0.1) is 0 Å². The third-order valence-corrected chi connectivity index (χ3v) is 4.43. The van der Waals surface area contributed by atoms with Crippen LogP contribution in [-0.4, -0.2) is 8.42 Å². The first-order valence-electron chi connectivity index (χ1n) is 7.28. The molecule has 0 aliphatic rings. The molecule has 1 atom stereocenters. The molecule has 116 valence electrons. The largest absolute Gasteiger partial charge is 0.234 e. The SMILES string of the molecule is CC(C)C(NS(=O)(=O)/C=C/c1ccccc1)c1ccccc1. The monoisotopic (exact) mass is 315 g/mol. The molecule has 1 N–H and O–H groups in total. The molecular weight excluding hydrogens is 294 g/mol. The fraction of sp³-hybridized carbons (Fsp3) is 0.222. The summed E-state index contributed by atoms with van der Waals surface area (Å²) in [5.41, 5.74) is 1.82. The summed E-state index contributed by atoms with van der Waals surface area (Å²) in [6.07, 6.45) is 1.60. The summed E-state index contributed by atoms with van der Waals surface area (Å²) in [6.45, 7) is 4.00. The topological polar surface area (TPSA) is 46.2 Å². The molecule has 0 aliphatic carbocycles. The molecule has 0 aromatic heterocycles. The number of rotatable bonds is 6. The molecule has 0 fully saturated rings. The molecule has 2 aromatic rings. The Morgan fingerprint density at radius 3 is 2.00 bits per heavy atom.